The van der Waals surface area contributed by atoms with Crippen molar-refractivity contribution in [1.29, 1.82) is 0 Å². The van der Waals surface area contributed by atoms with Crippen molar-refractivity contribution in [2.75, 3.05) is 5.75 Å². The quantitative estimate of drug-likeness (QED) is 0.237. The van der Waals surface area contributed by atoms with Gasteiger partial charge in [-0.15, -0.1) is 0 Å². The van der Waals surface area contributed by atoms with Crippen LogP contribution in [0.5, 0.6) is 0 Å². The van der Waals surface area contributed by atoms with Crippen LogP contribution < -0.4 is 16.0 Å². The van der Waals surface area contributed by atoms with Gasteiger partial charge in [-0.1, -0.05) is 66.4 Å². The van der Waals surface area contributed by atoms with E-state index in [1.54, 1.807) is 31.2 Å². The molecule has 1 aliphatic rings. The molecule has 212 valence electrons. The highest BCUT2D eigenvalue weighted by Crippen LogP contribution is 2.14. The van der Waals surface area contributed by atoms with Crippen LogP contribution in [0.15, 0.2) is 72.5 Å². The molecule has 0 saturated heterocycles. The summed E-state index contributed by atoms with van der Waals surface area (Å²) in [5, 5.41) is 19.3. The Morgan fingerprint density at radius 1 is 1.12 bits per heavy atom. The van der Waals surface area contributed by atoms with Gasteiger partial charge in [-0.2, -0.15) is 0 Å². The van der Waals surface area contributed by atoms with Crippen LogP contribution in [-0.2, 0) is 32.1 Å². The minimum Gasteiger partial charge on any atom is -0.366 e. The number of carbonyl (C=O) groups excluding carboxylic acids is 4. The van der Waals surface area contributed by atoms with E-state index < -0.39 is 30.3 Å². The molecular formula is C29H34N4O6S. The standard InChI is InChI=1S/C29H34N4O6S/c1-3-23-27(36)33-25(16-20-10-5-4-6-11-20)29(38)39-22(13-7-8-15-40-19(2)34)17-26(35)30-18-21-12-9-14-24(31-21)28(37)32-23/h3-7,9-14,22,25,29,38H,8,15-18H2,1-2H3,(H,30,35)(H,32,37)(H,33,36)/b13-7+,23-3-/t22-,25+,29?/m1/s1. The molecule has 11 heteroatoms. The molecule has 3 amide bonds. The molecule has 4 N–H and O–H groups in total. The molecule has 10 nitrogen and oxygen atoms in total. The van der Waals surface area contributed by atoms with E-state index in [2.05, 4.69) is 20.9 Å². The number of aliphatic hydroxyl groups is 1. The molecule has 2 aromatic rings. The second-order valence-corrected chi connectivity index (χ2v) is 10.3. The van der Waals surface area contributed by atoms with Crippen LogP contribution in [-0.4, -0.2) is 57.1 Å². The SMILES string of the molecule is C/C=C1\NC(=O)c2cccc(n2)CNC(=O)C[C@@H](/C=C/CCSC(C)=O)OC(O)[C@H](Cc2ccccc2)NC1=O. The lowest BCUT2D eigenvalue weighted by Crippen LogP contribution is -2.49. The second kappa shape index (κ2) is 15.7. The number of carbonyl (C=O) groups is 4. The minimum absolute atomic E-state index is 0.0118. The molecule has 3 rings (SSSR count). The third kappa shape index (κ3) is 10.1. The first-order chi connectivity index (χ1) is 19.2. The number of pyridine rings is 1. The van der Waals surface area contributed by atoms with E-state index in [-0.39, 0.29) is 41.8 Å². The lowest BCUT2D eigenvalue weighted by molar-refractivity contribution is -0.152. The van der Waals surface area contributed by atoms with Gasteiger partial charge >= 0.3 is 0 Å². The fourth-order valence-electron chi connectivity index (χ4n) is 3.89. The van der Waals surface area contributed by atoms with Crippen molar-refractivity contribution in [2.45, 2.75) is 58.1 Å². The third-order valence-electron chi connectivity index (χ3n) is 5.89. The number of allylic oxidation sites excluding steroid dienone is 2. The van der Waals surface area contributed by atoms with E-state index in [0.717, 1.165) is 5.56 Å². The maximum absolute atomic E-state index is 13.2. The number of rotatable bonds is 6. The molecule has 1 aromatic heterocycles. The summed E-state index contributed by atoms with van der Waals surface area (Å²) in [6.45, 7) is 3.18. The first kappa shape index (κ1) is 30.7. The molecule has 0 aliphatic carbocycles. The average molecular weight is 567 g/mol. The summed E-state index contributed by atoms with van der Waals surface area (Å²) >= 11 is 1.19. The number of aliphatic hydroxyl groups excluding tert-OH is 1. The van der Waals surface area contributed by atoms with E-state index in [9.17, 15) is 24.3 Å². The largest absolute Gasteiger partial charge is 0.366 e. The molecule has 3 atom stereocenters. The Morgan fingerprint density at radius 2 is 1.90 bits per heavy atom. The van der Waals surface area contributed by atoms with Crippen molar-refractivity contribution in [1.82, 2.24) is 20.9 Å². The Hall–Kier alpha value is -3.80. The van der Waals surface area contributed by atoms with Crippen LogP contribution in [0.4, 0.5) is 0 Å². The van der Waals surface area contributed by atoms with E-state index in [1.807, 2.05) is 30.3 Å². The van der Waals surface area contributed by atoms with E-state index in [1.165, 1.54) is 30.8 Å². The highest BCUT2D eigenvalue weighted by molar-refractivity contribution is 8.13. The van der Waals surface area contributed by atoms with Crippen molar-refractivity contribution < 1.29 is 29.0 Å². The second-order valence-electron chi connectivity index (χ2n) is 9.04. The zero-order valence-electron chi connectivity index (χ0n) is 22.5. The smallest absolute Gasteiger partial charge is 0.274 e. The van der Waals surface area contributed by atoms with Crippen LogP contribution >= 0.6 is 11.8 Å². The van der Waals surface area contributed by atoms with Gasteiger partial charge < -0.3 is 25.8 Å². The maximum atomic E-state index is 13.2. The van der Waals surface area contributed by atoms with E-state index in [4.69, 9.17) is 4.74 Å². The topological polar surface area (TPSA) is 147 Å². The molecule has 1 unspecified atom stereocenters. The molecule has 0 saturated carbocycles. The van der Waals surface area contributed by atoms with Crippen LogP contribution in [0.3, 0.4) is 0 Å². The fourth-order valence-corrected chi connectivity index (χ4v) is 4.43. The Balaban J connectivity index is 1.90. The lowest BCUT2D eigenvalue weighted by Gasteiger charge is -2.28. The van der Waals surface area contributed by atoms with Crippen molar-refractivity contribution in [3.63, 3.8) is 0 Å². The molecular weight excluding hydrogens is 532 g/mol. The van der Waals surface area contributed by atoms with Gasteiger partial charge in [0.2, 0.25) is 5.91 Å². The molecule has 0 fully saturated rings. The predicted octanol–water partition coefficient (Wildman–Crippen LogP) is 2.39. The van der Waals surface area contributed by atoms with Gasteiger partial charge in [0, 0.05) is 12.7 Å². The van der Waals surface area contributed by atoms with Crippen LogP contribution in [0.2, 0.25) is 0 Å². The van der Waals surface area contributed by atoms with E-state index in [0.29, 0.717) is 17.9 Å². The van der Waals surface area contributed by atoms with Crippen LogP contribution in [0.25, 0.3) is 0 Å². The number of nitrogens with zero attached hydrogens (tertiary/aromatic N) is 1. The number of thioether (sulfide) groups is 1. The van der Waals surface area contributed by atoms with E-state index >= 15 is 0 Å². The van der Waals surface area contributed by atoms with Crippen molar-refractivity contribution >= 4 is 34.6 Å². The number of hydrogen-bond acceptors (Lipinski definition) is 8. The zero-order valence-corrected chi connectivity index (χ0v) is 23.3. The van der Waals surface area contributed by atoms with Gasteiger partial charge in [-0.25, -0.2) is 4.98 Å². The molecule has 0 spiro atoms. The summed E-state index contributed by atoms with van der Waals surface area (Å²) in [7, 11) is 0. The number of ether oxygens (including phenoxy) is 1. The highest BCUT2D eigenvalue weighted by atomic mass is 32.2. The lowest BCUT2D eigenvalue weighted by atomic mass is 10.0. The molecule has 1 aromatic carbocycles. The Kier molecular flexibility index (Phi) is 12.1. The fraction of sp³-hybridized carbons (Fsp3) is 0.345. The molecule has 2 bridgehead atoms. The monoisotopic (exact) mass is 566 g/mol. The van der Waals surface area contributed by atoms with Gasteiger partial charge in [0.05, 0.1) is 30.8 Å². The normalized spacial score (nSPS) is 22.0. The van der Waals surface area contributed by atoms with Crippen molar-refractivity contribution in [3.05, 3.63) is 89.4 Å². The third-order valence-corrected chi connectivity index (χ3v) is 6.73. The summed E-state index contributed by atoms with van der Waals surface area (Å²) in [5.41, 5.74) is 1.36. The maximum Gasteiger partial charge on any atom is 0.274 e. The average Bonchev–Trinajstić information content (AvgIpc) is 2.94. The molecule has 0 radical (unpaired) electrons. The van der Waals surface area contributed by atoms with Gasteiger partial charge in [0.1, 0.15) is 11.4 Å². The van der Waals surface area contributed by atoms with Crippen molar-refractivity contribution in [3.8, 4) is 0 Å². The summed E-state index contributed by atoms with van der Waals surface area (Å²) in [6.07, 6.45) is 3.28. The van der Waals surface area contributed by atoms with Gasteiger partial charge in [-0.3, -0.25) is 19.2 Å². The first-order valence-electron chi connectivity index (χ1n) is 12.9. The van der Waals surface area contributed by atoms with Crippen LogP contribution in [0, 0.1) is 0 Å². The van der Waals surface area contributed by atoms with Crippen molar-refractivity contribution in [2.24, 2.45) is 0 Å². The number of benzene rings is 1. The number of aromatic nitrogens is 1. The highest BCUT2D eigenvalue weighted by Gasteiger charge is 2.28. The summed E-state index contributed by atoms with van der Waals surface area (Å²) in [5.74, 6) is -0.995. The Bertz CT molecular complexity index is 1250. The molecule has 1 aliphatic heterocycles. The molecule has 40 heavy (non-hydrogen) atoms. The first-order valence-corrected chi connectivity index (χ1v) is 13.9. The van der Waals surface area contributed by atoms with Crippen LogP contribution in [0.1, 0.15) is 48.4 Å². The minimum atomic E-state index is -1.49. The van der Waals surface area contributed by atoms with Gasteiger partial charge in [0.15, 0.2) is 11.4 Å². The summed E-state index contributed by atoms with van der Waals surface area (Å²) in [4.78, 5) is 54.3. The Labute approximate surface area is 237 Å². The number of amides is 3. The molecule has 2 heterocycles. The number of fused-ring (bicyclic) bond motifs is 2. The number of nitrogens with one attached hydrogen (secondary N) is 3. The summed E-state index contributed by atoms with van der Waals surface area (Å²) < 4.78 is 5.91. The zero-order chi connectivity index (χ0) is 28.9. The van der Waals surface area contributed by atoms with Gasteiger partial charge in [0.25, 0.3) is 11.8 Å². The predicted molar refractivity (Wildman–Crippen MR) is 152 cm³/mol. The van der Waals surface area contributed by atoms with Gasteiger partial charge in [-0.05, 0) is 37.5 Å². The Morgan fingerprint density at radius 3 is 2.62 bits per heavy atom. The number of hydrogen-bond donors (Lipinski definition) is 4. The summed E-state index contributed by atoms with van der Waals surface area (Å²) in [6, 6.07) is 13.2.